The van der Waals surface area contributed by atoms with Crippen LogP contribution >= 0.6 is 0 Å². The molecule has 0 heterocycles. The number of hydrogen-bond acceptors (Lipinski definition) is 2. The highest BCUT2D eigenvalue weighted by molar-refractivity contribution is 5.33. The standard InChI is InChI=1S/C31H32F10O2/c1-2-3-4-18-5-7-19(8-6-18)20-9-14-24(25(32)15-20)31(40,41)42-22-12-10-21(11-13-22)30(38,39)43-23-16-26(33)28(27(34)17-23)29(35,36)37/h2,9,14-19,21-22H,1,3-8,10-13H2. The molecule has 12 heteroatoms. The lowest BCUT2D eigenvalue weighted by molar-refractivity contribution is -0.286. The molecule has 0 bridgehead atoms. The zero-order chi connectivity index (χ0) is 31.6. The van der Waals surface area contributed by atoms with Gasteiger partial charge in [-0.05, 0) is 93.7 Å². The van der Waals surface area contributed by atoms with Crippen molar-refractivity contribution in [1.82, 2.24) is 0 Å². The summed E-state index contributed by atoms with van der Waals surface area (Å²) in [6.45, 7) is 3.73. The van der Waals surface area contributed by atoms with Gasteiger partial charge in [0.1, 0.15) is 28.8 Å². The Morgan fingerprint density at radius 1 is 0.767 bits per heavy atom. The van der Waals surface area contributed by atoms with Crippen LogP contribution in [0, 0.1) is 29.3 Å². The van der Waals surface area contributed by atoms with Crippen LogP contribution < -0.4 is 4.74 Å². The van der Waals surface area contributed by atoms with Gasteiger partial charge in [0.2, 0.25) is 0 Å². The van der Waals surface area contributed by atoms with Gasteiger partial charge in [0.15, 0.2) is 0 Å². The number of allylic oxidation sites excluding steroid dienone is 1. The summed E-state index contributed by atoms with van der Waals surface area (Å²) in [5.41, 5.74) is -2.57. The van der Waals surface area contributed by atoms with E-state index in [1.54, 1.807) is 0 Å². The molecule has 2 fully saturated rings. The Hall–Kier alpha value is -2.76. The first kappa shape index (κ1) is 33.1. The predicted molar refractivity (Wildman–Crippen MR) is 138 cm³/mol. The van der Waals surface area contributed by atoms with Gasteiger partial charge < -0.3 is 9.47 Å². The molecule has 2 aromatic rings. The van der Waals surface area contributed by atoms with E-state index in [9.17, 15) is 43.9 Å². The molecule has 0 spiro atoms. The van der Waals surface area contributed by atoms with Gasteiger partial charge in [-0.15, -0.1) is 6.58 Å². The highest BCUT2D eigenvalue weighted by atomic mass is 19.4. The van der Waals surface area contributed by atoms with Crippen molar-refractivity contribution in [1.29, 1.82) is 0 Å². The van der Waals surface area contributed by atoms with Crippen LogP contribution in [0.25, 0.3) is 0 Å². The first-order valence-electron chi connectivity index (χ1n) is 14.2. The van der Waals surface area contributed by atoms with Gasteiger partial charge in [0.25, 0.3) is 0 Å². The van der Waals surface area contributed by atoms with E-state index in [4.69, 9.17) is 4.74 Å². The molecule has 2 aromatic carbocycles. The fourth-order valence-electron chi connectivity index (χ4n) is 6.07. The predicted octanol–water partition coefficient (Wildman–Crippen LogP) is 10.7. The van der Waals surface area contributed by atoms with E-state index in [1.165, 1.54) is 6.07 Å². The minimum atomic E-state index is -5.38. The van der Waals surface area contributed by atoms with Gasteiger partial charge in [0, 0.05) is 12.1 Å². The molecule has 2 nitrogen and oxygen atoms in total. The third-order valence-electron chi connectivity index (χ3n) is 8.42. The quantitative estimate of drug-likeness (QED) is 0.193. The third kappa shape index (κ3) is 8.05. The molecule has 2 aliphatic rings. The van der Waals surface area contributed by atoms with Gasteiger partial charge in [-0.2, -0.15) is 30.7 Å². The maximum Gasteiger partial charge on any atom is 0.422 e. The van der Waals surface area contributed by atoms with Crippen molar-refractivity contribution >= 4 is 0 Å². The number of rotatable bonds is 10. The van der Waals surface area contributed by atoms with Crippen molar-refractivity contribution in [3.63, 3.8) is 0 Å². The number of benzene rings is 2. The molecule has 0 radical (unpaired) electrons. The molecule has 2 aliphatic carbocycles. The molecule has 4 rings (SSSR count). The summed E-state index contributed by atoms with van der Waals surface area (Å²) < 4.78 is 149. The third-order valence-corrected chi connectivity index (χ3v) is 8.42. The maximum absolute atomic E-state index is 15.0. The normalized spacial score (nSPS) is 23.7. The fourth-order valence-corrected chi connectivity index (χ4v) is 6.07. The Bertz CT molecular complexity index is 1240. The van der Waals surface area contributed by atoms with Crippen LogP contribution in [0.3, 0.4) is 0 Å². The van der Waals surface area contributed by atoms with Crippen LogP contribution in [0.2, 0.25) is 0 Å². The van der Waals surface area contributed by atoms with Gasteiger partial charge in [0.05, 0.1) is 17.6 Å². The van der Waals surface area contributed by atoms with Crippen LogP contribution in [0.5, 0.6) is 5.75 Å². The van der Waals surface area contributed by atoms with E-state index in [0.717, 1.165) is 50.7 Å². The van der Waals surface area contributed by atoms with E-state index < -0.39 is 77.6 Å². The molecule has 43 heavy (non-hydrogen) atoms. The lowest BCUT2D eigenvalue weighted by Gasteiger charge is -2.34. The largest absolute Gasteiger partial charge is 0.432 e. The Balaban J connectivity index is 1.33. The number of halogens is 10. The summed E-state index contributed by atoms with van der Waals surface area (Å²) in [7, 11) is 0. The fraction of sp³-hybridized carbons (Fsp3) is 0.548. The van der Waals surface area contributed by atoms with Crippen LogP contribution in [0.1, 0.15) is 86.8 Å². The molecule has 0 aromatic heterocycles. The van der Waals surface area contributed by atoms with Crippen molar-refractivity contribution in [2.75, 3.05) is 0 Å². The van der Waals surface area contributed by atoms with E-state index in [1.807, 2.05) is 6.08 Å². The first-order valence-corrected chi connectivity index (χ1v) is 14.2. The second-order valence-electron chi connectivity index (χ2n) is 11.4. The molecule has 0 atom stereocenters. The summed E-state index contributed by atoms with van der Waals surface area (Å²) in [4.78, 5) is 0. The maximum atomic E-state index is 15.0. The van der Waals surface area contributed by atoms with Crippen LogP contribution in [0.4, 0.5) is 43.9 Å². The highest BCUT2D eigenvalue weighted by Crippen LogP contribution is 2.44. The van der Waals surface area contributed by atoms with Gasteiger partial charge in [-0.1, -0.05) is 12.1 Å². The SMILES string of the molecule is C=CCCC1CCC(c2ccc(C(F)(F)OC3CCC(C(F)(F)Oc4cc(F)c(C(F)(F)F)c(F)c4)CC3)c(F)c2)CC1. The van der Waals surface area contributed by atoms with E-state index in [0.29, 0.717) is 11.5 Å². The summed E-state index contributed by atoms with van der Waals surface area (Å²) in [6, 6.07) is 3.56. The average Bonchev–Trinajstić information content (AvgIpc) is 2.90. The van der Waals surface area contributed by atoms with Crippen molar-refractivity contribution in [3.8, 4) is 5.75 Å². The van der Waals surface area contributed by atoms with E-state index >= 15 is 0 Å². The Kier molecular flexibility index (Phi) is 10.1. The average molecular weight is 627 g/mol. The highest BCUT2D eigenvalue weighted by Gasteiger charge is 2.47. The number of hydrogen-bond donors (Lipinski definition) is 0. The lowest BCUT2D eigenvalue weighted by Crippen LogP contribution is -2.39. The van der Waals surface area contributed by atoms with Crippen LogP contribution in [0.15, 0.2) is 43.0 Å². The molecule has 238 valence electrons. The van der Waals surface area contributed by atoms with Crippen molar-refractivity contribution < 1.29 is 53.4 Å². The Labute approximate surface area is 243 Å². The molecule has 0 aliphatic heterocycles. The Morgan fingerprint density at radius 3 is 1.91 bits per heavy atom. The summed E-state index contributed by atoms with van der Waals surface area (Å²) in [5.74, 6) is -7.49. The summed E-state index contributed by atoms with van der Waals surface area (Å²) in [6.07, 6.45) is -8.65. The van der Waals surface area contributed by atoms with Crippen molar-refractivity contribution in [2.45, 2.75) is 94.6 Å². The molecule has 2 saturated carbocycles. The van der Waals surface area contributed by atoms with E-state index in [2.05, 4.69) is 11.3 Å². The molecular weight excluding hydrogens is 594 g/mol. The Morgan fingerprint density at radius 2 is 1.37 bits per heavy atom. The zero-order valence-corrected chi connectivity index (χ0v) is 23.1. The van der Waals surface area contributed by atoms with Gasteiger partial charge in [-0.25, -0.2) is 13.2 Å². The molecule has 0 unspecified atom stereocenters. The zero-order valence-electron chi connectivity index (χ0n) is 23.1. The molecular formula is C31H32F10O2. The van der Waals surface area contributed by atoms with Gasteiger partial charge in [-0.3, -0.25) is 0 Å². The second kappa shape index (κ2) is 13.1. The second-order valence-corrected chi connectivity index (χ2v) is 11.4. The molecule has 0 amide bonds. The van der Waals surface area contributed by atoms with Gasteiger partial charge >= 0.3 is 18.4 Å². The topological polar surface area (TPSA) is 18.5 Å². The smallest absolute Gasteiger partial charge is 0.422 e. The number of alkyl halides is 7. The van der Waals surface area contributed by atoms with E-state index in [-0.39, 0.29) is 30.9 Å². The lowest BCUT2D eigenvalue weighted by atomic mass is 9.77. The number of ether oxygens (including phenoxy) is 2. The summed E-state index contributed by atoms with van der Waals surface area (Å²) >= 11 is 0. The van der Waals surface area contributed by atoms with Crippen LogP contribution in [-0.2, 0) is 17.0 Å². The first-order chi connectivity index (χ1) is 20.1. The van der Waals surface area contributed by atoms with Crippen LogP contribution in [-0.4, -0.2) is 12.2 Å². The minimum Gasteiger partial charge on any atom is -0.432 e. The molecule has 0 N–H and O–H groups in total. The summed E-state index contributed by atoms with van der Waals surface area (Å²) in [5, 5.41) is 0. The van der Waals surface area contributed by atoms with Crippen molar-refractivity contribution in [2.24, 2.45) is 11.8 Å². The monoisotopic (exact) mass is 626 g/mol. The van der Waals surface area contributed by atoms with Crippen molar-refractivity contribution in [3.05, 3.63) is 77.1 Å². The minimum absolute atomic E-state index is 0.00425. The molecule has 0 saturated heterocycles.